The van der Waals surface area contributed by atoms with Crippen LogP contribution in [0.1, 0.15) is 29.1 Å². The second kappa shape index (κ2) is 6.54. The summed E-state index contributed by atoms with van der Waals surface area (Å²) in [4.78, 5) is 13.8. The lowest BCUT2D eigenvalue weighted by Crippen LogP contribution is -2.20. The maximum Gasteiger partial charge on any atom is 0.128 e. The van der Waals surface area contributed by atoms with Crippen LogP contribution in [0.5, 0.6) is 0 Å². The molecule has 0 atom stereocenters. The van der Waals surface area contributed by atoms with E-state index in [0.717, 1.165) is 37.7 Å². The van der Waals surface area contributed by atoms with Crippen molar-refractivity contribution < 1.29 is 0 Å². The first-order chi connectivity index (χ1) is 10.2. The van der Waals surface area contributed by atoms with Crippen LogP contribution in [0.15, 0.2) is 23.7 Å². The van der Waals surface area contributed by atoms with Crippen molar-refractivity contribution in [3.63, 3.8) is 0 Å². The standard InChI is InChI=1S/C16H22N4S/c1-13-12-21-16(18-13)11-19(2)10-14-5-6-15(17-9-14)20-7-3-4-8-20/h5-6,9,12H,3-4,7-8,10-11H2,1-2H3. The number of aryl methyl sites for hydroxylation is 1. The zero-order chi connectivity index (χ0) is 14.7. The van der Waals surface area contributed by atoms with Gasteiger partial charge in [0, 0.05) is 36.9 Å². The number of nitrogens with zero attached hydrogens (tertiary/aromatic N) is 4. The van der Waals surface area contributed by atoms with Crippen LogP contribution in [-0.2, 0) is 13.1 Å². The maximum atomic E-state index is 4.61. The van der Waals surface area contributed by atoms with E-state index in [-0.39, 0.29) is 0 Å². The van der Waals surface area contributed by atoms with E-state index < -0.39 is 0 Å². The molecular weight excluding hydrogens is 280 g/mol. The summed E-state index contributed by atoms with van der Waals surface area (Å²) < 4.78 is 0. The average molecular weight is 302 g/mol. The predicted molar refractivity (Wildman–Crippen MR) is 87.7 cm³/mol. The Morgan fingerprint density at radius 2 is 2.05 bits per heavy atom. The quantitative estimate of drug-likeness (QED) is 0.849. The molecule has 5 heteroatoms. The van der Waals surface area contributed by atoms with Gasteiger partial charge >= 0.3 is 0 Å². The summed E-state index contributed by atoms with van der Waals surface area (Å²) in [6.45, 7) is 6.14. The maximum absolute atomic E-state index is 4.61. The Labute approximate surface area is 130 Å². The van der Waals surface area contributed by atoms with Crippen LogP contribution in [-0.4, -0.2) is 35.0 Å². The molecule has 0 bridgehead atoms. The molecule has 3 rings (SSSR count). The van der Waals surface area contributed by atoms with Crippen LogP contribution in [0.2, 0.25) is 0 Å². The molecule has 1 saturated heterocycles. The summed E-state index contributed by atoms with van der Waals surface area (Å²) in [5.41, 5.74) is 2.37. The van der Waals surface area contributed by atoms with Crippen molar-refractivity contribution in [1.29, 1.82) is 0 Å². The van der Waals surface area contributed by atoms with Crippen molar-refractivity contribution in [2.45, 2.75) is 32.9 Å². The molecule has 0 unspecified atom stereocenters. The third-order valence-electron chi connectivity index (χ3n) is 3.76. The topological polar surface area (TPSA) is 32.3 Å². The van der Waals surface area contributed by atoms with Crippen molar-refractivity contribution in [3.8, 4) is 0 Å². The number of thiazole rings is 1. The van der Waals surface area contributed by atoms with E-state index in [4.69, 9.17) is 0 Å². The molecule has 4 nitrogen and oxygen atoms in total. The monoisotopic (exact) mass is 302 g/mol. The van der Waals surface area contributed by atoms with Crippen LogP contribution < -0.4 is 4.90 Å². The van der Waals surface area contributed by atoms with Crippen LogP contribution in [0.3, 0.4) is 0 Å². The zero-order valence-corrected chi connectivity index (χ0v) is 13.6. The van der Waals surface area contributed by atoms with Gasteiger partial charge < -0.3 is 4.90 Å². The highest BCUT2D eigenvalue weighted by Gasteiger charge is 2.13. The molecule has 0 aromatic carbocycles. The fourth-order valence-corrected chi connectivity index (χ4v) is 3.57. The number of hydrogen-bond acceptors (Lipinski definition) is 5. The van der Waals surface area contributed by atoms with E-state index in [9.17, 15) is 0 Å². The first-order valence-electron chi connectivity index (χ1n) is 7.50. The summed E-state index contributed by atoms with van der Waals surface area (Å²) in [6.07, 6.45) is 4.59. The van der Waals surface area contributed by atoms with Gasteiger partial charge in [-0.05, 0) is 38.4 Å². The third-order valence-corrected chi connectivity index (χ3v) is 4.71. The molecule has 3 heterocycles. The lowest BCUT2D eigenvalue weighted by molar-refractivity contribution is 0.318. The van der Waals surface area contributed by atoms with Gasteiger partial charge in [0.1, 0.15) is 10.8 Å². The Bertz CT molecular complexity index is 572. The van der Waals surface area contributed by atoms with Gasteiger partial charge in [-0.2, -0.15) is 0 Å². The van der Waals surface area contributed by atoms with E-state index in [1.54, 1.807) is 11.3 Å². The molecule has 0 saturated carbocycles. The zero-order valence-electron chi connectivity index (χ0n) is 12.7. The highest BCUT2D eigenvalue weighted by molar-refractivity contribution is 7.09. The Balaban J connectivity index is 1.56. The molecule has 1 aliphatic heterocycles. The highest BCUT2D eigenvalue weighted by atomic mass is 32.1. The van der Waals surface area contributed by atoms with Crippen molar-refractivity contribution in [3.05, 3.63) is 40.0 Å². The predicted octanol–water partition coefficient (Wildman–Crippen LogP) is 3.08. The number of hydrogen-bond donors (Lipinski definition) is 0. The van der Waals surface area contributed by atoms with E-state index in [1.165, 1.54) is 23.4 Å². The molecule has 0 N–H and O–H groups in total. The number of rotatable bonds is 5. The van der Waals surface area contributed by atoms with Crippen molar-refractivity contribution in [2.75, 3.05) is 25.0 Å². The van der Waals surface area contributed by atoms with Gasteiger partial charge in [0.2, 0.25) is 0 Å². The lowest BCUT2D eigenvalue weighted by Gasteiger charge is -2.18. The van der Waals surface area contributed by atoms with E-state index >= 15 is 0 Å². The second-order valence-electron chi connectivity index (χ2n) is 5.77. The van der Waals surface area contributed by atoms with Crippen LogP contribution in [0, 0.1) is 6.92 Å². The minimum atomic E-state index is 0.895. The number of pyridine rings is 1. The second-order valence-corrected chi connectivity index (χ2v) is 6.72. The van der Waals surface area contributed by atoms with Gasteiger partial charge in [-0.1, -0.05) is 6.07 Å². The first kappa shape index (κ1) is 14.5. The minimum absolute atomic E-state index is 0.895. The largest absolute Gasteiger partial charge is 0.357 e. The van der Waals surface area contributed by atoms with Gasteiger partial charge in [0.15, 0.2) is 0 Å². The Kier molecular flexibility index (Phi) is 4.51. The van der Waals surface area contributed by atoms with Crippen molar-refractivity contribution in [1.82, 2.24) is 14.9 Å². The summed E-state index contributed by atoms with van der Waals surface area (Å²) in [5.74, 6) is 1.12. The molecular formula is C16H22N4S. The van der Waals surface area contributed by atoms with Crippen molar-refractivity contribution >= 4 is 17.2 Å². The van der Waals surface area contributed by atoms with E-state index in [1.807, 2.05) is 13.1 Å². The first-order valence-corrected chi connectivity index (χ1v) is 8.38. The molecule has 0 aliphatic carbocycles. The molecule has 0 spiro atoms. The molecule has 2 aromatic heterocycles. The summed E-state index contributed by atoms with van der Waals surface area (Å²) in [7, 11) is 2.13. The Morgan fingerprint density at radius 3 is 2.67 bits per heavy atom. The Morgan fingerprint density at radius 1 is 1.24 bits per heavy atom. The van der Waals surface area contributed by atoms with Gasteiger partial charge in [-0.25, -0.2) is 9.97 Å². The average Bonchev–Trinajstić information content (AvgIpc) is 3.11. The fraction of sp³-hybridized carbons (Fsp3) is 0.500. The lowest BCUT2D eigenvalue weighted by atomic mass is 10.2. The SMILES string of the molecule is Cc1csc(CN(C)Cc2ccc(N3CCCC3)nc2)n1. The van der Waals surface area contributed by atoms with E-state index in [0.29, 0.717) is 0 Å². The fourth-order valence-electron chi connectivity index (χ4n) is 2.72. The van der Waals surface area contributed by atoms with E-state index in [2.05, 4.69) is 44.3 Å². The van der Waals surface area contributed by atoms with Crippen LogP contribution in [0.25, 0.3) is 0 Å². The minimum Gasteiger partial charge on any atom is -0.357 e. The van der Waals surface area contributed by atoms with Crippen molar-refractivity contribution in [2.24, 2.45) is 0 Å². The molecule has 2 aromatic rings. The molecule has 1 fully saturated rings. The summed E-state index contributed by atoms with van der Waals surface area (Å²) in [6, 6.07) is 4.35. The highest BCUT2D eigenvalue weighted by Crippen LogP contribution is 2.18. The third kappa shape index (κ3) is 3.80. The molecule has 0 amide bonds. The van der Waals surface area contributed by atoms with Gasteiger partial charge in [-0.15, -0.1) is 11.3 Å². The molecule has 21 heavy (non-hydrogen) atoms. The Hall–Kier alpha value is -1.46. The molecule has 1 aliphatic rings. The number of aromatic nitrogens is 2. The number of anilines is 1. The summed E-state index contributed by atoms with van der Waals surface area (Å²) >= 11 is 1.73. The molecule has 112 valence electrons. The normalized spacial score (nSPS) is 15.1. The molecule has 0 radical (unpaired) electrons. The van der Waals surface area contributed by atoms with Gasteiger partial charge in [-0.3, -0.25) is 4.90 Å². The van der Waals surface area contributed by atoms with Crippen LogP contribution >= 0.6 is 11.3 Å². The van der Waals surface area contributed by atoms with Crippen LogP contribution in [0.4, 0.5) is 5.82 Å². The van der Waals surface area contributed by atoms with Gasteiger partial charge in [0.25, 0.3) is 0 Å². The van der Waals surface area contributed by atoms with Gasteiger partial charge in [0.05, 0.1) is 6.54 Å². The summed E-state index contributed by atoms with van der Waals surface area (Å²) in [5, 5.41) is 3.28. The smallest absolute Gasteiger partial charge is 0.128 e.